The summed E-state index contributed by atoms with van der Waals surface area (Å²) in [6.07, 6.45) is -3.40. The second-order valence-electron chi connectivity index (χ2n) is 8.40. The van der Waals surface area contributed by atoms with Gasteiger partial charge in [0, 0.05) is 12.0 Å². The van der Waals surface area contributed by atoms with E-state index in [9.17, 15) is 27.6 Å². The van der Waals surface area contributed by atoms with E-state index in [2.05, 4.69) is 9.84 Å². The van der Waals surface area contributed by atoms with Crippen molar-refractivity contribution in [3.63, 3.8) is 0 Å². The zero-order valence-electron chi connectivity index (χ0n) is 19.0. The summed E-state index contributed by atoms with van der Waals surface area (Å²) in [4.78, 5) is 39.9. The highest BCUT2D eigenvalue weighted by Gasteiger charge is 2.40. The molecule has 0 atom stereocenters. The van der Waals surface area contributed by atoms with Gasteiger partial charge >= 0.3 is 12.3 Å². The summed E-state index contributed by atoms with van der Waals surface area (Å²) in [5.41, 5.74) is 1.42. The maximum atomic E-state index is 13.0. The highest BCUT2D eigenvalue weighted by atomic mass is 19.4. The highest BCUT2D eigenvalue weighted by Crippen LogP contribution is 2.44. The van der Waals surface area contributed by atoms with Crippen molar-refractivity contribution in [2.24, 2.45) is 0 Å². The number of hydrogen-bond acceptors (Lipinski definition) is 6. The van der Waals surface area contributed by atoms with E-state index in [1.165, 1.54) is 16.8 Å². The number of benzene rings is 2. The predicted molar refractivity (Wildman–Crippen MR) is 119 cm³/mol. The third-order valence-electron chi connectivity index (χ3n) is 5.92. The highest BCUT2D eigenvalue weighted by molar-refractivity contribution is 6.21. The van der Waals surface area contributed by atoms with Crippen LogP contribution in [0.3, 0.4) is 0 Å². The number of alkyl halides is 3. The zero-order chi connectivity index (χ0) is 25.6. The number of esters is 1. The maximum absolute atomic E-state index is 13.0. The average Bonchev–Trinajstić information content (AvgIpc) is 3.56. The molecule has 3 aromatic rings. The van der Waals surface area contributed by atoms with Gasteiger partial charge in [0.15, 0.2) is 0 Å². The van der Waals surface area contributed by atoms with Gasteiger partial charge in [0.25, 0.3) is 11.8 Å². The quantitative estimate of drug-likeness (QED) is 0.348. The minimum Gasteiger partial charge on any atom is -0.462 e. The lowest BCUT2D eigenvalue weighted by atomic mass is 10.1. The fourth-order valence-electron chi connectivity index (χ4n) is 4.29. The maximum Gasteiger partial charge on any atom is 0.573 e. The number of fused-ring (bicyclic) bond motifs is 1. The van der Waals surface area contributed by atoms with Gasteiger partial charge in [0.1, 0.15) is 11.3 Å². The Morgan fingerprint density at radius 1 is 1.06 bits per heavy atom. The molecule has 0 radical (unpaired) electrons. The van der Waals surface area contributed by atoms with Crippen molar-refractivity contribution in [1.82, 2.24) is 14.7 Å². The van der Waals surface area contributed by atoms with Gasteiger partial charge in [-0.1, -0.05) is 18.2 Å². The van der Waals surface area contributed by atoms with E-state index in [4.69, 9.17) is 4.74 Å². The molecule has 0 spiro atoms. The average molecular weight is 499 g/mol. The van der Waals surface area contributed by atoms with Crippen molar-refractivity contribution in [1.29, 1.82) is 0 Å². The summed E-state index contributed by atoms with van der Waals surface area (Å²) in [7, 11) is 0. The Kier molecular flexibility index (Phi) is 5.77. The Bertz CT molecular complexity index is 1340. The summed E-state index contributed by atoms with van der Waals surface area (Å²) in [5, 5.41) is 4.51. The van der Waals surface area contributed by atoms with Gasteiger partial charge < -0.3 is 9.47 Å². The number of rotatable bonds is 7. The van der Waals surface area contributed by atoms with Crippen LogP contribution in [0.5, 0.6) is 5.75 Å². The Labute approximate surface area is 203 Å². The number of carbonyl (C=O) groups is 3. The summed E-state index contributed by atoms with van der Waals surface area (Å²) in [6, 6.07) is 11.6. The second kappa shape index (κ2) is 8.81. The van der Waals surface area contributed by atoms with Crippen molar-refractivity contribution in [3.05, 3.63) is 76.6 Å². The van der Waals surface area contributed by atoms with Crippen LogP contribution in [0.1, 0.15) is 68.1 Å². The van der Waals surface area contributed by atoms with Crippen LogP contribution in [-0.2, 0) is 11.3 Å². The van der Waals surface area contributed by atoms with E-state index in [-0.39, 0.29) is 47.1 Å². The summed E-state index contributed by atoms with van der Waals surface area (Å²) < 4.78 is 49.0. The number of nitrogens with zero attached hydrogens (tertiary/aromatic N) is 3. The lowest BCUT2D eigenvalue weighted by Gasteiger charge is -2.13. The molecule has 2 amide bonds. The Morgan fingerprint density at radius 2 is 1.72 bits per heavy atom. The van der Waals surface area contributed by atoms with Crippen LogP contribution in [-0.4, -0.2) is 45.4 Å². The number of amides is 2. The molecule has 2 aliphatic rings. The molecule has 186 valence electrons. The van der Waals surface area contributed by atoms with Crippen LogP contribution < -0.4 is 4.74 Å². The summed E-state index contributed by atoms with van der Waals surface area (Å²) in [6.45, 7) is 1.42. The van der Waals surface area contributed by atoms with E-state index in [0.29, 0.717) is 5.69 Å². The van der Waals surface area contributed by atoms with Crippen molar-refractivity contribution in [3.8, 4) is 11.4 Å². The van der Waals surface area contributed by atoms with Crippen molar-refractivity contribution >= 4 is 17.8 Å². The third kappa shape index (κ3) is 4.32. The SMILES string of the molecule is CCOC(=O)c1c(CN2C(=O)c3ccccc3C2=O)nn(-c2cccc(OC(F)(F)F)c2)c1C1CC1. The Morgan fingerprint density at radius 3 is 2.31 bits per heavy atom. The molecule has 1 aromatic heterocycles. The van der Waals surface area contributed by atoms with E-state index >= 15 is 0 Å². The molecule has 0 N–H and O–H groups in total. The molecular weight excluding hydrogens is 479 g/mol. The Balaban J connectivity index is 1.60. The minimum absolute atomic E-state index is 0.0789. The van der Waals surface area contributed by atoms with Crippen LogP contribution in [0.4, 0.5) is 13.2 Å². The fraction of sp³-hybridized carbons (Fsp3) is 0.280. The van der Waals surface area contributed by atoms with Crippen molar-refractivity contribution < 1.29 is 37.0 Å². The normalized spacial score (nSPS) is 15.3. The lowest BCUT2D eigenvalue weighted by Crippen LogP contribution is -2.30. The van der Waals surface area contributed by atoms with E-state index in [1.807, 2.05) is 0 Å². The lowest BCUT2D eigenvalue weighted by molar-refractivity contribution is -0.274. The van der Waals surface area contributed by atoms with E-state index in [1.54, 1.807) is 31.2 Å². The molecule has 2 aromatic carbocycles. The first-order valence-electron chi connectivity index (χ1n) is 11.3. The first-order chi connectivity index (χ1) is 17.2. The van der Waals surface area contributed by atoms with Crippen LogP contribution >= 0.6 is 0 Å². The second-order valence-corrected chi connectivity index (χ2v) is 8.40. The predicted octanol–water partition coefficient (Wildman–Crippen LogP) is 4.62. The molecule has 2 heterocycles. The molecule has 1 fully saturated rings. The molecule has 5 rings (SSSR count). The van der Waals surface area contributed by atoms with Gasteiger partial charge in [0.05, 0.1) is 41.4 Å². The molecule has 1 aliphatic heterocycles. The van der Waals surface area contributed by atoms with Crippen molar-refractivity contribution in [2.45, 2.75) is 38.6 Å². The van der Waals surface area contributed by atoms with Crippen molar-refractivity contribution in [2.75, 3.05) is 6.61 Å². The van der Waals surface area contributed by atoms with Crippen LogP contribution in [0.25, 0.3) is 5.69 Å². The van der Waals surface area contributed by atoms with Crippen LogP contribution in [0, 0.1) is 0 Å². The summed E-state index contributed by atoms with van der Waals surface area (Å²) >= 11 is 0. The topological polar surface area (TPSA) is 90.7 Å². The molecule has 8 nitrogen and oxygen atoms in total. The van der Waals surface area contributed by atoms with Gasteiger partial charge in [-0.15, -0.1) is 13.2 Å². The molecule has 36 heavy (non-hydrogen) atoms. The molecule has 0 bridgehead atoms. The number of imide groups is 1. The monoisotopic (exact) mass is 499 g/mol. The van der Waals surface area contributed by atoms with Crippen LogP contribution in [0.15, 0.2) is 48.5 Å². The van der Waals surface area contributed by atoms with Crippen LogP contribution in [0.2, 0.25) is 0 Å². The van der Waals surface area contributed by atoms with Gasteiger partial charge in [-0.25, -0.2) is 9.48 Å². The molecular formula is C25H20F3N3O5. The zero-order valence-corrected chi connectivity index (χ0v) is 19.0. The van der Waals surface area contributed by atoms with E-state index < -0.39 is 29.9 Å². The first kappa shape index (κ1) is 23.6. The number of hydrogen-bond donors (Lipinski definition) is 0. The number of aromatic nitrogens is 2. The van der Waals surface area contributed by atoms with Gasteiger partial charge in [-0.3, -0.25) is 14.5 Å². The largest absolute Gasteiger partial charge is 0.573 e. The minimum atomic E-state index is -4.88. The molecule has 11 heteroatoms. The third-order valence-corrected chi connectivity index (χ3v) is 5.92. The number of carbonyl (C=O) groups excluding carboxylic acids is 3. The van der Waals surface area contributed by atoms with Gasteiger partial charge in [-0.05, 0) is 44.0 Å². The molecule has 0 unspecified atom stereocenters. The first-order valence-corrected chi connectivity index (χ1v) is 11.3. The summed E-state index contributed by atoms with van der Waals surface area (Å²) in [5.74, 6) is -2.25. The molecule has 1 saturated carbocycles. The van der Waals surface area contributed by atoms with Gasteiger partial charge in [0.2, 0.25) is 0 Å². The number of halogens is 3. The molecule has 0 saturated heterocycles. The van der Waals surface area contributed by atoms with E-state index in [0.717, 1.165) is 29.9 Å². The van der Waals surface area contributed by atoms with Gasteiger partial charge in [-0.2, -0.15) is 5.10 Å². The smallest absolute Gasteiger partial charge is 0.462 e. The molecule has 1 aliphatic carbocycles. The Hall–Kier alpha value is -4.15. The standard InChI is InChI=1S/C25H20F3N3O5/c1-2-35-24(34)20-19(13-30-22(32)17-8-3-4-9-18(17)23(30)33)29-31(21(20)14-10-11-14)15-6-5-7-16(12-15)36-25(26,27)28/h3-9,12,14H,2,10-11,13H2,1H3. The number of ether oxygens (including phenoxy) is 2. The fourth-order valence-corrected chi connectivity index (χ4v) is 4.29.